The molecule has 2 N–H and O–H groups in total. The highest BCUT2D eigenvalue weighted by Crippen LogP contribution is 2.15. The first-order valence-corrected chi connectivity index (χ1v) is 6.80. The lowest BCUT2D eigenvalue weighted by molar-refractivity contribution is 0.282. The number of hydrogen-bond acceptors (Lipinski definition) is 2. The zero-order valence-corrected chi connectivity index (χ0v) is 11.5. The van der Waals surface area contributed by atoms with Crippen LogP contribution in [0.4, 0.5) is 0 Å². The molecule has 100 valence electrons. The van der Waals surface area contributed by atoms with Crippen molar-refractivity contribution in [3.63, 3.8) is 0 Å². The molecule has 0 aliphatic heterocycles. The highest BCUT2D eigenvalue weighted by Gasteiger charge is 2.04. The van der Waals surface area contributed by atoms with Crippen LogP contribution in [0.3, 0.4) is 0 Å². The van der Waals surface area contributed by atoms with Crippen molar-refractivity contribution in [3.8, 4) is 5.75 Å². The molecule has 0 fully saturated rings. The molecule has 1 atom stereocenters. The Labute approximate surface area is 119 Å². The van der Waals surface area contributed by atoms with E-state index in [1.165, 1.54) is 5.56 Å². The molecule has 0 bridgehead atoms. The molecular weight excluding hydrogens is 258 g/mol. The van der Waals surface area contributed by atoms with Crippen molar-refractivity contribution in [1.29, 1.82) is 0 Å². The van der Waals surface area contributed by atoms with Crippen molar-refractivity contribution in [2.45, 2.75) is 18.9 Å². The summed E-state index contributed by atoms with van der Waals surface area (Å²) >= 11 is 5.81. The lowest BCUT2D eigenvalue weighted by atomic mass is 10.1. The fraction of sp³-hybridized carbons (Fsp3) is 0.250. The van der Waals surface area contributed by atoms with Crippen LogP contribution in [0.15, 0.2) is 54.6 Å². The van der Waals surface area contributed by atoms with Crippen LogP contribution in [0.1, 0.15) is 12.0 Å². The fourth-order valence-electron chi connectivity index (χ4n) is 1.81. The minimum Gasteiger partial charge on any atom is -0.492 e. The van der Waals surface area contributed by atoms with Crippen molar-refractivity contribution >= 4 is 11.6 Å². The third-order valence-electron chi connectivity index (χ3n) is 2.92. The van der Waals surface area contributed by atoms with Gasteiger partial charge in [-0.2, -0.15) is 0 Å². The van der Waals surface area contributed by atoms with Crippen molar-refractivity contribution < 1.29 is 4.74 Å². The van der Waals surface area contributed by atoms with E-state index in [9.17, 15) is 0 Å². The van der Waals surface area contributed by atoms with E-state index in [1.54, 1.807) is 0 Å². The first-order chi connectivity index (χ1) is 9.24. The van der Waals surface area contributed by atoms with Gasteiger partial charge in [0.15, 0.2) is 0 Å². The van der Waals surface area contributed by atoms with Crippen LogP contribution >= 0.6 is 11.6 Å². The van der Waals surface area contributed by atoms with Crippen molar-refractivity contribution in [3.05, 3.63) is 65.2 Å². The van der Waals surface area contributed by atoms with E-state index in [4.69, 9.17) is 22.1 Å². The van der Waals surface area contributed by atoms with Gasteiger partial charge in [-0.25, -0.2) is 0 Å². The van der Waals surface area contributed by atoms with E-state index in [1.807, 2.05) is 42.5 Å². The molecule has 0 saturated heterocycles. The molecule has 3 heteroatoms. The van der Waals surface area contributed by atoms with Crippen LogP contribution in [-0.2, 0) is 6.42 Å². The van der Waals surface area contributed by atoms with E-state index in [0.717, 1.165) is 18.6 Å². The fourth-order valence-corrected chi connectivity index (χ4v) is 1.94. The molecule has 0 aliphatic carbocycles. The molecule has 2 rings (SSSR count). The second-order valence-electron chi connectivity index (χ2n) is 4.55. The molecule has 2 aromatic rings. The molecule has 2 nitrogen and oxygen atoms in total. The predicted molar refractivity (Wildman–Crippen MR) is 79.7 cm³/mol. The van der Waals surface area contributed by atoms with Gasteiger partial charge in [0.25, 0.3) is 0 Å². The second-order valence-corrected chi connectivity index (χ2v) is 4.99. The molecule has 0 heterocycles. The number of ether oxygens (including phenoxy) is 1. The quantitative estimate of drug-likeness (QED) is 0.873. The topological polar surface area (TPSA) is 35.2 Å². The lowest BCUT2D eigenvalue weighted by Gasteiger charge is -2.13. The van der Waals surface area contributed by atoms with Gasteiger partial charge < -0.3 is 10.5 Å². The summed E-state index contributed by atoms with van der Waals surface area (Å²) < 4.78 is 5.63. The van der Waals surface area contributed by atoms with Gasteiger partial charge in [0, 0.05) is 11.1 Å². The van der Waals surface area contributed by atoms with E-state index in [-0.39, 0.29) is 6.04 Å². The monoisotopic (exact) mass is 275 g/mol. The Balaban J connectivity index is 1.72. The molecule has 2 aromatic carbocycles. The maximum absolute atomic E-state index is 6.05. The Morgan fingerprint density at radius 3 is 2.37 bits per heavy atom. The molecule has 1 unspecified atom stereocenters. The minimum atomic E-state index is 0.0379. The number of hydrogen-bond donors (Lipinski definition) is 1. The number of aryl methyl sites for hydroxylation is 1. The van der Waals surface area contributed by atoms with Gasteiger partial charge in [0.05, 0.1) is 0 Å². The third kappa shape index (κ3) is 4.93. The summed E-state index contributed by atoms with van der Waals surface area (Å²) in [5.41, 5.74) is 7.36. The summed E-state index contributed by atoms with van der Waals surface area (Å²) in [6.07, 6.45) is 1.89. The largest absolute Gasteiger partial charge is 0.492 e. The Kier molecular flexibility index (Phi) is 5.25. The number of rotatable bonds is 6. The summed E-state index contributed by atoms with van der Waals surface area (Å²) in [6, 6.07) is 17.7. The van der Waals surface area contributed by atoms with Gasteiger partial charge in [-0.3, -0.25) is 0 Å². The molecular formula is C16H18ClNO. The molecule has 19 heavy (non-hydrogen) atoms. The molecule has 0 aromatic heterocycles. The zero-order chi connectivity index (χ0) is 13.5. The van der Waals surface area contributed by atoms with Gasteiger partial charge in [-0.15, -0.1) is 0 Å². The minimum absolute atomic E-state index is 0.0379. The highest BCUT2D eigenvalue weighted by atomic mass is 35.5. The average molecular weight is 276 g/mol. The van der Waals surface area contributed by atoms with Crippen molar-refractivity contribution in [2.24, 2.45) is 5.73 Å². The van der Waals surface area contributed by atoms with Gasteiger partial charge in [-0.05, 0) is 42.7 Å². The van der Waals surface area contributed by atoms with E-state index < -0.39 is 0 Å². The van der Waals surface area contributed by atoms with Crippen LogP contribution in [0, 0.1) is 0 Å². The van der Waals surface area contributed by atoms with Crippen LogP contribution < -0.4 is 10.5 Å². The maximum atomic E-state index is 6.05. The first kappa shape index (κ1) is 13.9. The van der Waals surface area contributed by atoms with Gasteiger partial charge in [0.1, 0.15) is 12.4 Å². The number of nitrogens with two attached hydrogens (primary N) is 1. The van der Waals surface area contributed by atoms with E-state index in [0.29, 0.717) is 11.6 Å². The van der Waals surface area contributed by atoms with Crippen LogP contribution in [0.2, 0.25) is 5.02 Å². The van der Waals surface area contributed by atoms with Crippen LogP contribution in [0.5, 0.6) is 5.75 Å². The Morgan fingerprint density at radius 2 is 1.68 bits per heavy atom. The Hall–Kier alpha value is -1.51. The summed E-state index contributed by atoms with van der Waals surface area (Å²) in [7, 11) is 0. The van der Waals surface area contributed by atoms with Crippen molar-refractivity contribution in [2.75, 3.05) is 6.61 Å². The second kappa shape index (κ2) is 7.17. The highest BCUT2D eigenvalue weighted by molar-refractivity contribution is 6.30. The number of halogens is 1. The van der Waals surface area contributed by atoms with Crippen LogP contribution in [0.25, 0.3) is 0 Å². The molecule has 0 spiro atoms. The average Bonchev–Trinajstić information content (AvgIpc) is 2.45. The van der Waals surface area contributed by atoms with Gasteiger partial charge >= 0.3 is 0 Å². The predicted octanol–water partition coefficient (Wildman–Crippen LogP) is 3.68. The first-order valence-electron chi connectivity index (χ1n) is 6.42. The van der Waals surface area contributed by atoms with Gasteiger partial charge in [0.2, 0.25) is 0 Å². The van der Waals surface area contributed by atoms with Crippen molar-refractivity contribution in [1.82, 2.24) is 0 Å². The smallest absolute Gasteiger partial charge is 0.119 e. The van der Waals surface area contributed by atoms with E-state index in [2.05, 4.69) is 12.1 Å². The number of benzene rings is 2. The Bertz CT molecular complexity index is 484. The molecule has 0 saturated carbocycles. The third-order valence-corrected chi connectivity index (χ3v) is 3.18. The SMILES string of the molecule is NC(CCc1ccccc1)COc1ccc(Cl)cc1. The zero-order valence-electron chi connectivity index (χ0n) is 10.8. The van der Waals surface area contributed by atoms with Gasteiger partial charge in [-0.1, -0.05) is 41.9 Å². The summed E-state index contributed by atoms with van der Waals surface area (Å²) in [4.78, 5) is 0. The standard InChI is InChI=1S/C16H18ClNO/c17-14-7-10-16(11-8-14)19-12-15(18)9-6-13-4-2-1-3-5-13/h1-5,7-8,10-11,15H,6,9,12,18H2. The summed E-state index contributed by atoms with van der Waals surface area (Å²) in [5.74, 6) is 0.805. The summed E-state index contributed by atoms with van der Waals surface area (Å²) in [5, 5.41) is 0.709. The molecule has 0 aliphatic rings. The van der Waals surface area contributed by atoms with E-state index >= 15 is 0 Å². The Morgan fingerprint density at radius 1 is 1.00 bits per heavy atom. The maximum Gasteiger partial charge on any atom is 0.119 e. The summed E-state index contributed by atoms with van der Waals surface area (Å²) in [6.45, 7) is 0.522. The molecule has 0 amide bonds. The normalized spacial score (nSPS) is 12.1. The lowest BCUT2D eigenvalue weighted by Crippen LogP contribution is -2.28. The molecule has 0 radical (unpaired) electrons. The van der Waals surface area contributed by atoms with Crippen LogP contribution in [-0.4, -0.2) is 12.6 Å².